The van der Waals surface area contributed by atoms with Crippen LogP contribution in [0.4, 0.5) is 0 Å². The molecule has 3 heterocycles. The monoisotopic (exact) mass is 333 g/mol. The van der Waals surface area contributed by atoms with Crippen molar-refractivity contribution >= 4 is 17.2 Å². The molecule has 0 saturated carbocycles. The number of hydrogen-bond acceptors (Lipinski definition) is 5. The lowest BCUT2D eigenvalue weighted by molar-refractivity contribution is -0.121. The van der Waals surface area contributed by atoms with Gasteiger partial charge in [-0.05, 0) is 37.8 Å². The van der Waals surface area contributed by atoms with Crippen LogP contribution in [-0.2, 0) is 11.2 Å². The van der Waals surface area contributed by atoms with Crippen LogP contribution in [0.25, 0.3) is 11.5 Å². The molecule has 2 aromatic heterocycles. The largest absolute Gasteiger partial charge is 0.441 e. The van der Waals surface area contributed by atoms with E-state index in [9.17, 15) is 4.79 Å². The standard InChI is InChI=1S/C17H23N3O2S/c1-3-20-7-4-14(5-8-20)18-16(21)10-15-12(2)22-17(19-15)13-6-9-23-11-13/h6,9,11,14H,3-5,7-8,10H2,1-2H3,(H,18,21). The van der Waals surface area contributed by atoms with Gasteiger partial charge in [0, 0.05) is 30.1 Å². The van der Waals surface area contributed by atoms with E-state index >= 15 is 0 Å². The summed E-state index contributed by atoms with van der Waals surface area (Å²) in [5, 5.41) is 7.12. The number of nitrogens with zero attached hydrogens (tertiary/aromatic N) is 2. The summed E-state index contributed by atoms with van der Waals surface area (Å²) in [6.07, 6.45) is 2.34. The average molecular weight is 333 g/mol. The molecule has 6 heteroatoms. The van der Waals surface area contributed by atoms with Crippen LogP contribution in [0.15, 0.2) is 21.2 Å². The zero-order valence-corrected chi connectivity index (χ0v) is 14.5. The molecule has 0 aromatic carbocycles. The quantitative estimate of drug-likeness (QED) is 0.914. The number of piperidine rings is 1. The van der Waals surface area contributed by atoms with Crippen LogP contribution in [0.2, 0.25) is 0 Å². The Kier molecular flexibility index (Phi) is 5.13. The fourth-order valence-corrected chi connectivity index (χ4v) is 3.56. The number of aromatic nitrogens is 1. The van der Waals surface area contributed by atoms with Gasteiger partial charge >= 0.3 is 0 Å². The fraction of sp³-hybridized carbons (Fsp3) is 0.529. The van der Waals surface area contributed by atoms with Gasteiger partial charge in [-0.15, -0.1) is 0 Å². The van der Waals surface area contributed by atoms with Crippen LogP contribution in [0.3, 0.4) is 0 Å². The van der Waals surface area contributed by atoms with Gasteiger partial charge in [0.1, 0.15) is 5.76 Å². The number of oxazole rings is 1. The van der Waals surface area contributed by atoms with Crippen molar-refractivity contribution < 1.29 is 9.21 Å². The van der Waals surface area contributed by atoms with Crippen molar-refractivity contribution in [2.24, 2.45) is 0 Å². The maximum absolute atomic E-state index is 12.3. The molecule has 0 atom stereocenters. The molecule has 1 aliphatic rings. The van der Waals surface area contributed by atoms with Gasteiger partial charge in [0.2, 0.25) is 11.8 Å². The van der Waals surface area contributed by atoms with Crippen molar-refractivity contribution in [3.63, 3.8) is 0 Å². The lowest BCUT2D eigenvalue weighted by Gasteiger charge is -2.31. The molecule has 1 N–H and O–H groups in total. The molecule has 0 radical (unpaired) electrons. The number of aryl methyl sites for hydroxylation is 1. The van der Waals surface area contributed by atoms with Gasteiger partial charge < -0.3 is 14.6 Å². The van der Waals surface area contributed by atoms with E-state index in [1.165, 1.54) is 0 Å². The van der Waals surface area contributed by atoms with E-state index in [1.807, 2.05) is 23.8 Å². The van der Waals surface area contributed by atoms with E-state index in [0.717, 1.165) is 49.5 Å². The normalized spacial score (nSPS) is 16.6. The van der Waals surface area contributed by atoms with Gasteiger partial charge in [-0.3, -0.25) is 4.79 Å². The first-order chi connectivity index (χ1) is 11.2. The van der Waals surface area contributed by atoms with Gasteiger partial charge in [-0.25, -0.2) is 4.98 Å². The molecular weight excluding hydrogens is 310 g/mol. The summed E-state index contributed by atoms with van der Waals surface area (Å²) in [5.74, 6) is 1.36. The van der Waals surface area contributed by atoms with Crippen LogP contribution in [-0.4, -0.2) is 41.5 Å². The number of carbonyl (C=O) groups excluding carboxylic acids is 1. The highest BCUT2D eigenvalue weighted by Gasteiger charge is 2.21. The first-order valence-electron chi connectivity index (χ1n) is 8.16. The molecule has 0 bridgehead atoms. The van der Waals surface area contributed by atoms with Crippen molar-refractivity contribution in [3.05, 3.63) is 28.3 Å². The Bertz CT molecular complexity index is 643. The topological polar surface area (TPSA) is 58.4 Å². The van der Waals surface area contributed by atoms with Gasteiger partial charge in [-0.2, -0.15) is 11.3 Å². The Labute approximate surface area is 140 Å². The Morgan fingerprint density at radius 3 is 2.91 bits per heavy atom. The molecule has 3 rings (SSSR count). The molecule has 1 aliphatic heterocycles. The van der Waals surface area contributed by atoms with E-state index < -0.39 is 0 Å². The van der Waals surface area contributed by atoms with E-state index in [4.69, 9.17) is 4.42 Å². The van der Waals surface area contributed by atoms with Crippen molar-refractivity contribution in [3.8, 4) is 11.5 Å². The summed E-state index contributed by atoms with van der Waals surface area (Å²) in [7, 11) is 0. The van der Waals surface area contributed by atoms with Crippen LogP contribution >= 0.6 is 11.3 Å². The smallest absolute Gasteiger partial charge is 0.227 e. The third-order valence-corrected chi connectivity index (χ3v) is 5.07. The van der Waals surface area contributed by atoms with Crippen LogP contribution < -0.4 is 5.32 Å². The first kappa shape index (κ1) is 16.2. The van der Waals surface area contributed by atoms with Gasteiger partial charge in [-0.1, -0.05) is 6.92 Å². The number of likely N-dealkylation sites (tertiary alicyclic amines) is 1. The van der Waals surface area contributed by atoms with E-state index in [2.05, 4.69) is 22.1 Å². The van der Waals surface area contributed by atoms with Crippen LogP contribution in [0, 0.1) is 6.92 Å². The second kappa shape index (κ2) is 7.27. The number of hydrogen-bond donors (Lipinski definition) is 1. The summed E-state index contributed by atoms with van der Waals surface area (Å²) in [4.78, 5) is 19.2. The van der Waals surface area contributed by atoms with Crippen molar-refractivity contribution in [2.45, 2.75) is 39.2 Å². The van der Waals surface area contributed by atoms with E-state index in [1.54, 1.807) is 11.3 Å². The fourth-order valence-electron chi connectivity index (χ4n) is 2.93. The number of thiophene rings is 1. The molecular formula is C17H23N3O2S. The Hall–Kier alpha value is -1.66. The predicted octanol–water partition coefficient (Wildman–Crippen LogP) is 2.85. The molecule has 2 aromatic rings. The van der Waals surface area contributed by atoms with Gasteiger partial charge in [0.15, 0.2) is 0 Å². The summed E-state index contributed by atoms with van der Waals surface area (Å²) < 4.78 is 5.69. The van der Waals surface area contributed by atoms with Gasteiger partial charge in [0.25, 0.3) is 0 Å². The number of carbonyl (C=O) groups is 1. The summed E-state index contributed by atoms with van der Waals surface area (Å²) >= 11 is 1.61. The zero-order valence-electron chi connectivity index (χ0n) is 13.7. The number of rotatable bonds is 5. The van der Waals surface area contributed by atoms with Crippen molar-refractivity contribution in [2.75, 3.05) is 19.6 Å². The molecule has 0 aliphatic carbocycles. The number of amides is 1. The maximum atomic E-state index is 12.3. The summed E-state index contributed by atoms with van der Waals surface area (Å²) in [6, 6.07) is 2.26. The third kappa shape index (κ3) is 4.00. The molecule has 5 nitrogen and oxygen atoms in total. The van der Waals surface area contributed by atoms with Crippen molar-refractivity contribution in [1.29, 1.82) is 0 Å². The molecule has 23 heavy (non-hydrogen) atoms. The maximum Gasteiger partial charge on any atom is 0.227 e. The molecule has 1 saturated heterocycles. The lowest BCUT2D eigenvalue weighted by atomic mass is 10.0. The highest BCUT2D eigenvalue weighted by molar-refractivity contribution is 7.08. The highest BCUT2D eigenvalue weighted by atomic mass is 32.1. The Morgan fingerprint density at radius 2 is 2.26 bits per heavy atom. The summed E-state index contributed by atoms with van der Waals surface area (Å²) in [6.45, 7) is 7.26. The predicted molar refractivity (Wildman–Crippen MR) is 91.5 cm³/mol. The second-order valence-electron chi connectivity index (χ2n) is 5.99. The van der Waals surface area contributed by atoms with Crippen LogP contribution in [0.5, 0.6) is 0 Å². The zero-order chi connectivity index (χ0) is 16.2. The Morgan fingerprint density at radius 1 is 1.48 bits per heavy atom. The Balaban J connectivity index is 1.56. The van der Waals surface area contributed by atoms with E-state index in [-0.39, 0.29) is 18.4 Å². The van der Waals surface area contributed by atoms with Crippen LogP contribution in [0.1, 0.15) is 31.2 Å². The highest BCUT2D eigenvalue weighted by Crippen LogP contribution is 2.24. The number of nitrogens with one attached hydrogen (secondary N) is 1. The first-order valence-corrected chi connectivity index (χ1v) is 9.10. The SMILES string of the molecule is CCN1CCC(NC(=O)Cc2nc(-c3ccsc3)oc2C)CC1. The molecule has 124 valence electrons. The van der Waals surface area contributed by atoms with E-state index in [0.29, 0.717) is 5.89 Å². The minimum Gasteiger partial charge on any atom is -0.441 e. The lowest BCUT2D eigenvalue weighted by Crippen LogP contribution is -2.45. The summed E-state index contributed by atoms with van der Waals surface area (Å²) in [5.41, 5.74) is 1.70. The minimum atomic E-state index is 0.0354. The molecule has 0 unspecified atom stereocenters. The molecule has 1 fully saturated rings. The second-order valence-corrected chi connectivity index (χ2v) is 6.77. The van der Waals surface area contributed by atoms with Crippen molar-refractivity contribution in [1.82, 2.24) is 15.2 Å². The molecule has 1 amide bonds. The average Bonchev–Trinajstić information content (AvgIpc) is 3.18. The van der Waals surface area contributed by atoms with Gasteiger partial charge in [0.05, 0.1) is 12.1 Å². The third-order valence-electron chi connectivity index (χ3n) is 4.39. The molecule has 0 spiro atoms. The minimum absolute atomic E-state index is 0.0354.